The summed E-state index contributed by atoms with van der Waals surface area (Å²) < 4.78 is 0. The molecule has 1 aliphatic heterocycles. The molecular weight excluding hydrogens is 538 g/mol. The predicted molar refractivity (Wildman–Crippen MR) is 157 cm³/mol. The first-order valence-corrected chi connectivity index (χ1v) is 14.3. The van der Waals surface area contributed by atoms with Crippen LogP contribution in [-0.4, -0.2) is 74.5 Å². The molecule has 7 N–H and O–H groups in total. The van der Waals surface area contributed by atoms with Gasteiger partial charge in [-0.1, -0.05) is 50.6 Å². The van der Waals surface area contributed by atoms with Crippen LogP contribution in [0.25, 0.3) is 10.9 Å². The first-order chi connectivity index (χ1) is 20.1. The average Bonchev–Trinajstić information content (AvgIpc) is 3.64. The number of phenols is 1. The molecule has 2 aromatic carbocycles. The Morgan fingerprint density at radius 1 is 1.02 bits per heavy atom. The molecular formula is C31H39N5O6. The minimum absolute atomic E-state index is 0.0607. The first kappa shape index (κ1) is 30.6. The number of carbonyl (C=O) groups excluding carboxylic acids is 3. The van der Waals surface area contributed by atoms with Crippen LogP contribution in [0.15, 0.2) is 54.7 Å². The number of aromatic nitrogens is 1. The third-order valence-corrected chi connectivity index (χ3v) is 8.10. The minimum Gasteiger partial charge on any atom is -0.508 e. The van der Waals surface area contributed by atoms with Crippen LogP contribution < -0.4 is 16.4 Å². The predicted octanol–water partition coefficient (Wildman–Crippen LogP) is 2.08. The number of amides is 3. The van der Waals surface area contributed by atoms with Crippen molar-refractivity contribution in [2.24, 2.45) is 11.7 Å². The van der Waals surface area contributed by atoms with E-state index in [1.54, 1.807) is 18.3 Å². The van der Waals surface area contributed by atoms with E-state index >= 15 is 0 Å². The van der Waals surface area contributed by atoms with Crippen molar-refractivity contribution in [3.05, 3.63) is 65.9 Å². The van der Waals surface area contributed by atoms with Crippen molar-refractivity contribution in [1.82, 2.24) is 20.5 Å². The van der Waals surface area contributed by atoms with E-state index in [9.17, 15) is 29.4 Å². The van der Waals surface area contributed by atoms with E-state index in [0.29, 0.717) is 24.8 Å². The maximum absolute atomic E-state index is 13.8. The van der Waals surface area contributed by atoms with Gasteiger partial charge >= 0.3 is 5.97 Å². The fourth-order valence-corrected chi connectivity index (χ4v) is 5.34. The topological polar surface area (TPSA) is 178 Å². The molecule has 5 unspecified atom stereocenters. The summed E-state index contributed by atoms with van der Waals surface area (Å²) in [4.78, 5) is 57.1. The summed E-state index contributed by atoms with van der Waals surface area (Å²) >= 11 is 0. The van der Waals surface area contributed by atoms with Gasteiger partial charge in [0.2, 0.25) is 17.7 Å². The SMILES string of the molecule is CCC(C)C(N)C(=O)NC(Cc1ccc(O)cc1)C(=O)NC(Cc1c[nH]c2ccccc12)C(=O)N1CCCC1C(=O)O. The highest BCUT2D eigenvalue weighted by molar-refractivity contribution is 5.95. The number of aliphatic carboxylic acids is 1. The number of para-hydroxylation sites is 1. The van der Waals surface area contributed by atoms with Crippen LogP contribution in [0.5, 0.6) is 5.75 Å². The standard InChI is InChI=1S/C31H39N5O6/c1-3-18(2)27(32)29(39)34-24(15-19-10-12-21(37)13-11-19)28(38)35-25(30(40)36-14-6-9-26(36)31(41)42)16-20-17-33-23-8-5-4-7-22(20)23/h4-5,7-8,10-13,17-18,24-27,33,37H,3,6,9,14-16,32H2,1-2H3,(H,34,39)(H,35,38)(H,41,42). The number of aromatic hydroxyl groups is 1. The number of phenolic OH excluding ortho intramolecular Hbond substituents is 1. The van der Waals surface area contributed by atoms with Gasteiger partial charge in [0.25, 0.3) is 0 Å². The van der Waals surface area contributed by atoms with Crippen LogP contribution in [0.2, 0.25) is 0 Å². The molecule has 11 nitrogen and oxygen atoms in total. The van der Waals surface area contributed by atoms with Crippen molar-refractivity contribution < 1.29 is 29.4 Å². The number of hydrogen-bond acceptors (Lipinski definition) is 6. The second-order valence-electron chi connectivity index (χ2n) is 11.0. The molecule has 3 amide bonds. The Bertz CT molecular complexity index is 1420. The highest BCUT2D eigenvalue weighted by Crippen LogP contribution is 2.23. The van der Waals surface area contributed by atoms with Gasteiger partial charge in [-0.15, -0.1) is 0 Å². The molecule has 11 heteroatoms. The molecule has 0 bridgehead atoms. The van der Waals surface area contributed by atoms with Gasteiger partial charge in [-0.3, -0.25) is 14.4 Å². The lowest BCUT2D eigenvalue weighted by atomic mass is 9.98. The van der Waals surface area contributed by atoms with Gasteiger partial charge in [-0.25, -0.2) is 4.79 Å². The lowest BCUT2D eigenvalue weighted by molar-refractivity contribution is -0.149. The van der Waals surface area contributed by atoms with E-state index in [1.807, 2.05) is 38.1 Å². The molecule has 0 radical (unpaired) electrons. The van der Waals surface area contributed by atoms with Crippen LogP contribution in [0.1, 0.15) is 44.2 Å². The average molecular weight is 578 g/mol. The number of benzene rings is 2. The number of H-pyrrole nitrogens is 1. The monoisotopic (exact) mass is 577 g/mol. The van der Waals surface area contributed by atoms with Gasteiger partial charge in [-0.2, -0.15) is 0 Å². The summed E-state index contributed by atoms with van der Waals surface area (Å²) in [5, 5.41) is 25.9. The van der Waals surface area contributed by atoms with Crippen molar-refractivity contribution in [3.63, 3.8) is 0 Å². The van der Waals surface area contributed by atoms with E-state index in [4.69, 9.17) is 5.73 Å². The van der Waals surface area contributed by atoms with Crippen molar-refractivity contribution in [2.75, 3.05) is 6.54 Å². The minimum atomic E-state index is -1.09. The van der Waals surface area contributed by atoms with Crippen molar-refractivity contribution in [1.29, 1.82) is 0 Å². The number of rotatable bonds is 12. The third kappa shape index (κ3) is 7.09. The molecule has 224 valence electrons. The highest BCUT2D eigenvalue weighted by atomic mass is 16.4. The number of carbonyl (C=O) groups is 4. The molecule has 1 aliphatic rings. The Labute approximate surface area is 244 Å². The van der Waals surface area contributed by atoms with Gasteiger partial charge in [0.15, 0.2) is 0 Å². The Hall–Kier alpha value is -4.38. The summed E-state index contributed by atoms with van der Waals surface area (Å²) in [6.07, 6.45) is 3.53. The summed E-state index contributed by atoms with van der Waals surface area (Å²) in [6, 6.07) is 9.86. The quantitative estimate of drug-likeness (QED) is 0.191. The molecule has 2 heterocycles. The Morgan fingerprint density at radius 3 is 2.40 bits per heavy atom. The molecule has 42 heavy (non-hydrogen) atoms. The number of hydrogen-bond donors (Lipinski definition) is 6. The maximum atomic E-state index is 13.8. The van der Waals surface area contributed by atoms with Gasteiger partial charge in [0.1, 0.15) is 23.9 Å². The summed E-state index contributed by atoms with van der Waals surface area (Å²) in [7, 11) is 0. The first-order valence-electron chi connectivity index (χ1n) is 14.3. The molecule has 4 rings (SSSR count). The summed E-state index contributed by atoms with van der Waals surface area (Å²) in [5.74, 6) is -2.74. The number of carboxylic acids is 1. The van der Waals surface area contributed by atoms with Crippen LogP contribution >= 0.6 is 0 Å². The van der Waals surface area contributed by atoms with Crippen molar-refractivity contribution in [3.8, 4) is 5.75 Å². The van der Waals surface area contributed by atoms with E-state index in [-0.39, 0.29) is 31.1 Å². The number of nitrogens with zero attached hydrogens (tertiary/aromatic N) is 1. The van der Waals surface area contributed by atoms with Crippen LogP contribution in [0.3, 0.4) is 0 Å². The molecule has 1 aromatic heterocycles. The van der Waals surface area contributed by atoms with Gasteiger partial charge in [0, 0.05) is 36.5 Å². The zero-order valence-electron chi connectivity index (χ0n) is 23.9. The Balaban J connectivity index is 1.63. The Kier molecular flexibility index (Phi) is 9.84. The molecule has 0 aliphatic carbocycles. The van der Waals surface area contributed by atoms with Gasteiger partial charge in [0.05, 0.1) is 6.04 Å². The fraction of sp³-hybridized carbons (Fsp3) is 0.419. The smallest absolute Gasteiger partial charge is 0.326 e. The summed E-state index contributed by atoms with van der Waals surface area (Å²) in [5.41, 5.74) is 8.48. The summed E-state index contributed by atoms with van der Waals surface area (Å²) in [6.45, 7) is 4.04. The second-order valence-corrected chi connectivity index (χ2v) is 11.0. The molecule has 3 aromatic rings. The number of nitrogens with one attached hydrogen (secondary N) is 3. The van der Waals surface area contributed by atoms with Gasteiger partial charge < -0.3 is 36.5 Å². The molecule has 1 fully saturated rings. The lowest BCUT2D eigenvalue weighted by Gasteiger charge is -2.29. The zero-order valence-corrected chi connectivity index (χ0v) is 23.9. The van der Waals surface area contributed by atoms with Crippen LogP contribution in [-0.2, 0) is 32.0 Å². The van der Waals surface area contributed by atoms with Gasteiger partial charge in [-0.05, 0) is 48.1 Å². The Morgan fingerprint density at radius 2 is 1.71 bits per heavy atom. The second kappa shape index (κ2) is 13.5. The molecule has 0 saturated carbocycles. The van der Waals surface area contributed by atoms with Crippen LogP contribution in [0.4, 0.5) is 0 Å². The van der Waals surface area contributed by atoms with E-state index in [2.05, 4.69) is 15.6 Å². The highest BCUT2D eigenvalue weighted by Gasteiger charge is 2.39. The number of likely N-dealkylation sites (tertiary alicyclic amines) is 1. The van der Waals surface area contributed by atoms with Crippen molar-refractivity contribution >= 4 is 34.6 Å². The number of nitrogens with two attached hydrogens (primary N) is 1. The zero-order chi connectivity index (χ0) is 30.4. The van der Waals surface area contributed by atoms with Crippen LogP contribution in [0, 0.1) is 5.92 Å². The third-order valence-electron chi connectivity index (χ3n) is 8.10. The number of carboxylic acid groups (broad SMARTS) is 1. The normalized spacial score (nSPS) is 17.8. The maximum Gasteiger partial charge on any atom is 0.326 e. The largest absolute Gasteiger partial charge is 0.508 e. The van der Waals surface area contributed by atoms with Crippen molar-refractivity contribution in [2.45, 2.75) is 70.1 Å². The van der Waals surface area contributed by atoms with E-state index in [1.165, 1.54) is 17.0 Å². The molecule has 1 saturated heterocycles. The number of fused-ring (bicyclic) bond motifs is 1. The number of aromatic amines is 1. The lowest BCUT2D eigenvalue weighted by Crippen LogP contribution is -2.58. The molecule has 0 spiro atoms. The molecule has 5 atom stereocenters. The van der Waals surface area contributed by atoms with E-state index < -0.39 is 47.9 Å². The van der Waals surface area contributed by atoms with E-state index in [0.717, 1.165) is 16.5 Å². The fourth-order valence-electron chi connectivity index (χ4n) is 5.34.